The predicted octanol–water partition coefficient (Wildman–Crippen LogP) is 2.05. The van der Waals surface area contributed by atoms with Crippen LogP contribution in [0.15, 0.2) is 18.3 Å². The van der Waals surface area contributed by atoms with Crippen molar-refractivity contribution in [2.75, 3.05) is 25.6 Å². The fraction of sp³-hybridized carbons (Fsp3) is 0.615. The molecule has 1 aromatic heterocycles. The van der Waals surface area contributed by atoms with Gasteiger partial charge >= 0.3 is 0 Å². The minimum atomic E-state index is 0.0660. The van der Waals surface area contributed by atoms with Crippen LogP contribution in [0.2, 0.25) is 0 Å². The molecule has 1 fully saturated rings. The highest BCUT2D eigenvalue weighted by atomic mass is 16.5. The molecule has 0 atom stereocenters. The summed E-state index contributed by atoms with van der Waals surface area (Å²) in [6.45, 7) is 1.08. The van der Waals surface area contributed by atoms with E-state index in [1.807, 2.05) is 12.1 Å². The fourth-order valence-corrected chi connectivity index (χ4v) is 2.44. The molecule has 4 heteroatoms. The van der Waals surface area contributed by atoms with Gasteiger partial charge in [0.15, 0.2) is 0 Å². The lowest BCUT2D eigenvalue weighted by Crippen LogP contribution is -2.30. The van der Waals surface area contributed by atoms with E-state index >= 15 is 0 Å². The highest BCUT2D eigenvalue weighted by Crippen LogP contribution is 2.37. The molecule has 1 aliphatic carbocycles. The molecule has 0 bridgehead atoms. The maximum atomic E-state index is 9.52. The van der Waals surface area contributed by atoms with Gasteiger partial charge in [0.25, 0.3) is 0 Å². The lowest BCUT2D eigenvalue weighted by atomic mass is 9.87. The zero-order valence-electron chi connectivity index (χ0n) is 10.3. The number of aromatic nitrogens is 1. The number of nitrogens with one attached hydrogen (secondary N) is 1. The van der Waals surface area contributed by atoms with Crippen LogP contribution in [0, 0.1) is 5.41 Å². The van der Waals surface area contributed by atoms with Crippen LogP contribution in [0.4, 0.5) is 5.69 Å². The van der Waals surface area contributed by atoms with E-state index in [1.165, 1.54) is 12.8 Å². The largest absolute Gasteiger partial charge is 0.481 e. The van der Waals surface area contributed by atoms with Crippen LogP contribution in [0.3, 0.4) is 0 Å². The van der Waals surface area contributed by atoms with Crippen molar-refractivity contribution in [2.45, 2.75) is 25.7 Å². The third-order valence-corrected chi connectivity index (χ3v) is 3.61. The molecular formula is C13H20N2O2. The highest BCUT2D eigenvalue weighted by Gasteiger charge is 2.32. The summed E-state index contributed by atoms with van der Waals surface area (Å²) < 4.78 is 5.08. The van der Waals surface area contributed by atoms with Gasteiger partial charge in [-0.05, 0) is 18.9 Å². The maximum absolute atomic E-state index is 9.52. The van der Waals surface area contributed by atoms with Crippen LogP contribution in [-0.4, -0.2) is 30.4 Å². The zero-order valence-corrected chi connectivity index (χ0v) is 10.3. The molecule has 1 saturated carbocycles. The summed E-state index contributed by atoms with van der Waals surface area (Å²) in [5.74, 6) is 0.611. The van der Waals surface area contributed by atoms with Gasteiger partial charge in [0, 0.05) is 29.9 Å². The van der Waals surface area contributed by atoms with Gasteiger partial charge in [-0.1, -0.05) is 12.8 Å². The van der Waals surface area contributed by atoms with Crippen molar-refractivity contribution in [3.63, 3.8) is 0 Å². The summed E-state index contributed by atoms with van der Waals surface area (Å²) in [5.41, 5.74) is 1.06. The monoisotopic (exact) mass is 236 g/mol. The van der Waals surface area contributed by atoms with E-state index in [9.17, 15) is 5.11 Å². The Morgan fingerprint density at radius 3 is 2.88 bits per heavy atom. The first-order valence-corrected chi connectivity index (χ1v) is 6.13. The molecule has 1 aromatic rings. The van der Waals surface area contributed by atoms with E-state index in [1.54, 1.807) is 13.3 Å². The van der Waals surface area contributed by atoms with Crippen molar-refractivity contribution in [2.24, 2.45) is 5.41 Å². The molecule has 4 nitrogen and oxygen atoms in total. The first kappa shape index (κ1) is 12.2. The Morgan fingerprint density at radius 2 is 2.24 bits per heavy atom. The topological polar surface area (TPSA) is 54.4 Å². The van der Waals surface area contributed by atoms with E-state index in [-0.39, 0.29) is 12.0 Å². The van der Waals surface area contributed by atoms with E-state index in [4.69, 9.17) is 4.74 Å². The van der Waals surface area contributed by atoms with E-state index in [0.717, 1.165) is 25.1 Å². The Balaban J connectivity index is 1.96. The van der Waals surface area contributed by atoms with Crippen LogP contribution in [0.1, 0.15) is 25.7 Å². The van der Waals surface area contributed by atoms with Gasteiger partial charge in [0.1, 0.15) is 0 Å². The molecule has 94 valence electrons. The van der Waals surface area contributed by atoms with Crippen molar-refractivity contribution < 1.29 is 9.84 Å². The van der Waals surface area contributed by atoms with Gasteiger partial charge in [-0.25, -0.2) is 4.98 Å². The molecule has 2 N–H and O–H groups in total. The number of ether oxygens (including phenoxy) is 1. The second-order valence-corrected chi connectivity index (χ2v) is 4.81. The second kappa shape index (κ2) is 5.36. The summed E-state index contributed by atoms with van der Waals surface area (Å²) in [4.78, 5) is 4.06. The van der Waals surface area contributed by atoms with Crippen molar-refractivity contribution >= 4 is 5.69 Å². The van der Waals surface area contributed by atoms with E-state index in [2.05, 4.69) is 10.3 Å². The quantitative estimate of drug-likeness (QED) is 0.821. The first-order chi connectivity index (χ1) is 8.28. The number of hydrogen-bond acceptors (Lipinski definition) is 4. The van der Waals surface area contributed by atoms with Crippen LogP contribution < -0.4 is 10.1 Å². The Hall–Kier alpha value is -1.29. The smallest absolute Gasteiger partial charge is 0.214 e. The molecule has 0 aromatic carbocycles. The minimum absolute atomic E-state index is 0.0660. The summed E-state index contributed by atoms with van der Waals surface area (Å²) in [6, 6.07) is 3.79. The van der Waals surface area contributed by atoms with Crippen LogP contribution >= 0.6 is 0 Å². The first-order valence-electron chi connectivity index (χ1n) is 6.13. The van der Waals surface area contributed by atoms with Gasteiger partial charge in [0.05, 0.1) is 13.7 Å². The van der Waals surface area contributed by atoms with Crippen LogP contribution in [0.25, 0.3) is 0 Å². The summed E-state index contributed by atoms with van der Waals surface area (Å²) in [5, 5.41) is 12.9. The summed E-state index contributed by atoms with van der Waals surface area (Å²) in [6.07, 6.45) is 6.39. The van der Waals surface area contributed by atoms with Crippen LogP contribution in [0.5, 0.6) is 5.88 Å². The molecule has 17 heavy (non-hydrogen) atoms. The molecule has 0 saturated heterocycles. The van der Waals surface area contributed by atoms with Gasteiger partial charge in [-0.3, -0.25) is 0 Å². The Morgan fingerprint density at radius 1 is 1.47 bits per heavy atom. The molecule has 0 radical (unpaired) electrons. The highest BCUT2D eigenvalue weighted by molar-refractivity contribution is 5.45. The zero-order chi connectivity index (χ0) is 12.1. The fourth-order valence-electron chi connectivity index (χ4n) is 2.44. The van der Waals surface area contributed by atoms with Gasteiger partial charge in [-0.15, -0.1) is 0 Å². The number of methoxy groups -OCH3 is 1. The number of aliphatic hydroxyl groups is 1. The number of aliphatic hydroxyl groups excluding tert-OH is 1. The number of pyridine rings is 1. The van der Waals surface area contributed by atoms with Crippen molar-refractivity contribution in [1.29, 1.82) is 0 Å². The average molecular weight is 236 g/mol. The summed E-state index contributed by atoms with van der Waals surface area (Å²) in [7, 11) is 1.61. The lowest BCUT2D eigenvalue weighted by molar-refractivity contribution is 0.142. The molecule has 1 aliphatic rings. The molecular weight excluding hydrogens is 216 g/mol. The summed E-state index contributed by atoms with van der Waals surface area (Å²) >= 11 is 0. The predicted molar refractivity (Wildman–Crippen MR) is 67.3 cm³/mol. The molecule has 0 amide bonds. The standard InChI is InChI=1S/C13H20N2O2/c1-17-12-8-11(4-7-14-12)15-9-13(10-16)5-2-3-6-13/h4,7-8,16H,2-3,5-6,9-10H2,1H3,(H,14,15). The molecule has 1 heterocycles. The van der Waals surface area contributed by atoms with Crippen molar-refractivity contribution in [3.8, 4) is 5.88 Å². The Labute approximate surface area is 102 Å². The van der Waals surface area contributed by atoms with E-state index in [0.29, 0.717) is 5.88 Å². The normalized spacial score (nSPS) is 18.0. The SMILES string of the molecule is COc1cc(NCC2(CO)CCCC2)ccn1. The minimum Gasteiger partial charge on any atom is -0.481 e. The number of rotatable bonds is 5. The van der Waals surface area contributed by atoms with Crippen molar-refractivity contribution in [3.05, 3.63) is 18.3 Å². The Kier molecular flexibility index (Phi) is 3.84. The third kappa shape index (κ3) is 2.88. The average Bonchev–Trinajstić information content (AvgIpc) is 2.86. The van der Waals surface area contributed by atoms with Gasteiger partial charge in [-0.2, -0.15) is 0 Å². The third-order valence-electron chi connectivity index (χ3n) is 3.61. The number of hydrogen-bond donors (Lipinski definition) is 2. The molecule has 0 unspecified atom stereocenters. The molecule has 0 spiro atoms. The lowest BCUT2D eigenvalue weighted by Gasteiger charge is -2.27. The molecule has 2 rings (SSSR count). The molecule has 0 aliphatic heterocycles. The second-order valence-electron chi connectivity index (χ2n) is 4.81. The van der Waals surface area contributed by atoms with Gasteiger partial charge < -0.3 is 15.2 Å². The van der Waals surface area contributed by atoms with Gasteiger partial charge in [0.2, 0.25) is 5.88 Å². The van der Waals surface area contributed by atoms with Crippen LogP contribution in [-0.2, 0) is 0 Å². The number of anilines is 1. The maximum Gasteiger partial charge on any atom is 0.214 e. The van der Waals surface area contributed by atoms with Crippen molar-refractivity contribution in [1.82, 2.24) is 4.98 Å². The number of nitrogens with zero attached hydrogens (tertiary/aromatic N) is 1. The van der Waals surface area contributed by atoms with E-state index < -0.39 is 0 Å². The Bertz CT molecular complexity index is 362.